The molecule has 0 spiro atoms. The van der Waals surface area contributed by atoms with Gasteiger partial charge in [0.25, 0.3) is 0 Å². The van der Waals surface area contributed by atoms with Crippen LogP contribution in [0.25, 0.3) is 5.69 Å². The monoisotopic (exact) mass is 410 g/mol. The first-order chi connectivity index (χ1) is 12.0. The maximum atomic E-state index is 10.9. The number of aromatic nitrogens is 2. The summed E-state index contributed by atoms with van der Waals surface area (Å²) in [6, 6.07) is 9.23. The average molecular weight is 411 g/mol. The molecule has 2 rings (SSSR count). The van der Waals surface area contributed by atoms with Crippen LogP contribution in [0.4, 0.5) is 0 Å². The lowest BCUT2D eigenvalue weighted by Gasteiger charge is -2.25. The van der Waals surface area contributed by atoms with Crippen LogP contribution in [0, 0.1) is 4.77 Å². The van der Waals surface area contributed by atoms with E-state index in [0.29, 0.717) is 16.4 Å². The third-order valence-electron chi connectivity index (χ3n) is 4.01. The zero-order valence-electron chi connectivity index (χ0n) is 16.0. The van der Waals surface area contributed by atoms with Crippen molar-refractivity contribution in [1.82, 2.24) is 9.13 Å². The Bertz CT molecular complexity index is 838. The predicted octanol–water partition coefficient (Wildman–Crippen LogP) is 5.98. The summed E-state index contributed by atoms with van der Waals surface area (Å²) in [4.78, 5) is 0. The highest BCUT2D eigenvalue weighted by Crippen LogP contribution is 2.36. The highest BCUT2D eigenvalue weighted by Gasteiger charge is 2.28. The molecule has 7 heteroatoms. The summed E-state index contributed by atoms with van der Waals surface area (Å²) in [6.45, 7) is 14.7. The van der Waals surface area contributed by atoms with Crippen LogP contribution in [0.3, 0.4) is 0 Å². The van der Waals surface area contributed by atoms with Gasteiger partial charge in [-0.3, -0.25) is 4.57 Å². The number of nitrogens with zero attached hydrogens (tertiary/aromatic N) is 2. The van der Waals surface area contributed by atoms with Crippen LogP contribution in [0.15, 0.2) is 41.9 Å². The van der Waals surface area contributed by atoms with Crippen molar-refractivity contribution in [3.63, 3.8) is 0 Å². The maximum Gasteiger partial charge on any atom is 0.218 e. The van der Waals surface area contributed by atoms with Crippen LogP contribution < -0.4 is 0 Å². The van der Waals surface area contributed by atoms with Gasteiger partial charge < -0.3 is 14.1 Å². The van der Waals surface area contributed by atoms with Gasteiger partial charge in [0.05, 0.1) is 24.0 Å². The minimum atomic E-state index is -1.75. The molecule has 2 aromatic rings. The van der Waals surface area contributed by atoms with Gasteiger partial charge in [-0.25, -0.2) is 0 Å². The van der Waals surface area contributed by atoms with E-state index in [2.05, 4.69) is 26.2 Å². The first-order valence-corrected chi connectivity index (χ1v) is 12.8. The average Bonchev–Trinajstić information content (AvgIpc) is 2.78. The third-order valence-corrected chi connectivity index (χ3v) is 5.67. The van der Waals surface area contributed by atoms with Gasteiger partial charge >= 0.3 is 0 Å². The number of para-hydroxylation sites is 1. The number of rotatable bonds is 7. The molecule has 1 aromatic carbocycles. The number of benzene rings is 1. The molecule has 1 atom stereocenters. The van der Waals surface area contributed by atoms with Crippen molar-refractivity contribution in [2.75, 3.05) is 6.61 Å². The molecular formula is C19H27ClN2O2SSi. The Morgan fingerprint density at radius 2 is 1.85 bits per heavy atom. The van der Waals surface area contributed by atoms with Crippen molar-refractivity contribution in [3.05, 3.63) is 52.4 Å². The highest BCUT2D eigenvalue weighted by molar-refractivity contribution is 7.71. The summed E-state index contributed by atoms with van der Waals surface area (Å²) in [5, 5.41) is 11.4. The largest absolute Gasteiger partial charge is 0.493 e. The molecule has 1 unspecified atom stereocenters. The topological polar surface area (TPSA) is 39.3 Å². The molecule has 0 fully saturated rings. The van der Waals surface area contributed by atoms with Gasteiger partial charge in [-0.2, -0.15) is 0 Å². The molecule has 0 saturated carbocycles. The molecule has 0 aliphatic carbocycles. The Labute approximate surface area is 166 Å². The van der Waals surface area contributed by atoms with E-state index in [4.69, 9.17) is 28.2 Å². The maximum absolute atomic E-state index is 10.9. The van der Waals surface area contributed by atoms with Gasteiger partial charge in [0, 0.05) is 5.03 Å². The Hall–Kier alpha value is -1.34. The van der Waals surface area contributed by atoms with Gasteiger partial charge in [-0.05, 0) is 49.9 Å². The molecule has 0 saturated heterocycles. The van der Waals surface area contributed by atoms with E-state index in [-0.39, 0.29) is 17.8 Å². The van der Waals surface area contributed by atoms with Crippen LogP contribution in [-0.2, 0) is 4.43 Å². The van der Waals surface area contributed by atoms with Crippen LogP contribution in [0.2, 0.25) is 19.6 Å². The SMILES string of the molecule is C=C(Cl)C(CO[Si](C)(C)C)n1c(C(C)C)c(O)n(-c2ccccc2)c1=S. The molecule has 26 heavy (non-hydrogen) atoms. The first kappa shape index (κ1) is 21.0. The summed E-state index contributed by atoms with van der Waals surface area (Å²) >= 11 is 12.1. The summed E-state index contributed by atoms with van der Waals surface area (Å²) in [7, 11) is -1.75. The van der Waals surface area contributed by atoms with Gasteiger partial charge in [-0.1, -0.05) is 50.2 Å². The summed E-state index contributed by atoms with van der Waals surface area (Å²) < 4.78 is 10.1. The number of hydrogen-bond acceptors (Lipinski definition) is 3. The second-order valence-corrected chi connectivity index (χ2v) is 12.9. The fourth-order valence-electron chi connectivity index (χ4n) is 2.80. The smallest absolute Gasteiger partial charge is 0.218 e. The quantitative estimate of drug-likeness (QED) is 0.450. The van der Waals surface area contributed by atoms with Gasteiger partial charge in [0.15, 0.2) is 13.1 Å². The molecule has 4 nitrogen and oxygen atoms in total. The Morgan fingerprint density at radius 1 is 1.27 bits per heavy atom. The van der Waals surface area contributed by atoms with Crippen LogP contribution >= 0.6 is 23.8 Å². The lowest BCUT2D eigenvalue weighted by molar-refractivity contribution is 0.263. The lowest BCUT2D eigenvalue weighted by Crippen LogP contribution is -2.30. The van der Waals surface area contributed by atoms with E-state index in [1.807, 2.05) is 48.7 Å². The highest BCUT2D eigenvalue weighted by atomic mass is 35.5. The van der Waals surface area contributed by atoms with Crippen molar-refractivity contribution >= 4 is 32.1 Å². The van der Waals surface area contributed by atoms with Crippen molar-refractivity contribution in [1.29, 1.82) is 0 Å². The zero-order chi connectivity index (χ0) is 19.6. The van der Waals surface area contributed by atoms with E-state index in [9.17, 15) is 5.11 Å². The van der Waals surface area contributed by atoms with Gasteiger partial charge in [-0.15, -0.1) is 0 Å². The van der Waals surface area contributed by atoms with E-state index in [1.54, 1.807) is 4.57 Å². The molecule has 142 valence electrons. The standard InChI is InChI=1S/C19H27ClN2O2SSi/c1-13(2)17-18(23)21(15-10-8-7-9-11-15)19(25)22(17)16(14(3)20)12-24-26(4,5)6/h7-11,13,16,23H,3,12H2,1-2,4-6H3. The second-order valence-electron chi connectivity index (χ2n) is 7.57. The molecule has 1 N–H and O–H groups in total. The minimum Gasteiger partial charge on any atom is -0.493 e. The molecule has 0 amide bonds. The molecular weight excluding hydrogens is 384 g/mol. The molecule has 0 radical (unpaired) electrons. The van der Waals surface area contributed by atoms with E-state index in [0.717, 1.165) is 11.4 Å². The Balaban J connectivity index is 2.66. The van der Waals surface area contributed by atoms with Crippen molar-refractivity contribution in [3.8, 4) is 11.6 Å². The van der Waals surface area contributed by atoms with Crippen LogP contribution in [0.5, 0.6) is 5.88 Å². The summed E-state index contributed by atoms with van der Waals surface area (Å²) in [5.41, 5.74) is 1.53. The fourth-order valence-corrected chi connectivity index (χ4v) is 4.04. The van der Waals surface area contributed by atoms with Gasteiger partial charge in [0.2, 0.25) is 5.88 Å². The van der Waals surface area contributed by atoms with E-state index in [1.165, 1.54) is 0 Å². The van der Waals surface area contributed by atoms with Crippen LogP contribution in [-0.4, -0.2) is 29.2 Å². The van der Waals surface area contributed by atoms with E-state index >= 15 is 0 Å². The molecule has 1 aromatic heterocycles. The molecule has 1 heterocycles. The molecule has 0 bridgehead atoms. The number of hydrogen-bond donors (Lipinski definition) is 1. The Morgan fingerprint density at radius 3 is 2.31 bits per heavy atom. The zero-order valence-corrected chi connectivity index (χ0v) is 18.6. The Kier molecular flexibility index (Phi) is 6.55. The third kappa shape index (κ3) is 4.49. The minimum absolute atomic E-state index is 0.0482. The van der Waals surface area contributed by atoms with Crippen molar-refractivity contribution < 1.29 is 9.53 Å². The fraction of sp³-hybridized carbons (Fsp3) is 0.421. The summed E-state index contributed by atoms with van der Waals surface area (Å²) in [6.07, 6.45) is 0. The van der Waals surface area contributed by atoms with Crippen molar-refractivity contribution in [2.24, 2.45) is 0 Å². The molecule has 0 aliphatic heterocycles. The van der Waals surface area contributed by atoms with Gasteiger partial charge in [0.1, 0.15) is 0 Å². The molecule has 0 aliphatic rings. The predicted molar refractivity (Wildman–Crippen MR) is 114 cm³/mol. The normalized spacial score (nSPS) is 13.2. The number of halogens is 1. The van der Waals surface area contributed by atoms with E-state index < -0.39 is 8.32 Å². The van der Waals surface area contributed by atoms with Crippen LogP contribution in [0.1, 0.15) is 31.5 Å². The number of aromatic hydroxyl groups is 1. The first-order valence-electron chi connectivity index (χ1n) is 8.64. The lowest BCUT2D eigenvalue weighted by atomic mass is 10.1. The second kappa shape index (κ2) is 8.13. The van der Waals surface area contributed by atoms with Crippen molar-refractivity contribution in [2.45, 2.75) is 45.4 Å². The summed E-state index contributed by atoms with van der Waals surface area (Å²) in [5.74, 6) is 0.180. The number of imidazole rings is 1.